The molecule has 1 amide bonds. The Morgan fingerprint density at radius 3 is 2.57 bits per heavy atom. The second-order valence-electron chi connectivity index (χ2n) is 5.98. The number of piperidine rings is 1. The van der Waals surface area contributed by atoms with E-state index in [4.69, 9.17) is 4.74 Å². The first-order valence-electron chi connectivity index (χ1n) is 7.85. The molecule has 0 spiro atoms. The molecular weight excluding hydrogens is 330 g/mol. The van der Waals surface area contributed by atoms with Crippen LogP contribution in [0.2, 0.25) is 0 Å². The highest BCUT2D eigenvalue weighted by Crippen LogP contribution is 2.48. The molecule has 2 aliphatic rings. The summed E-state index contributed by atoms with van der Waals surface area (Å²) >= 11 is 3.45. The van der Waals surface area contributed by atoms with Crippen LogP contribution in [0.1, 0.15) is 37.7 Å². The first kappa shape index (κ1) is 15.0. The second kappa shape index (κ2) is 6.49. The van der Waals surface area contributed by atoms with Gasteiger partial charge in [0.15, 0.2) is 0 Å². The normalized spacial score (nSPS) is 25.9. The maximum Gasteiger partial charge on any atom is 0.226 e. The summed E-state index contributed by atoms with van der Waals surface area (Å²) in [4.78, 5) is 14.6. The van der Waals surface area contributed by atoms with Crippen LogP contribution in [0.3, 0.4) is 0 Å². The first-order chi connectivity index (χ1) is 10.2. The van der Waals surface area contributed by atoms with Crippen LogP contribution in [-0.4, -0.2) is 36.6 Å². The van der Waals surface area contributed by atoms with E-state index in [0.717, 1.165) is 43.4 Å². The first-order valence-corrected chi connectivity index (χ1v) is 8.64. The minimum Gasteiger partial charge on any atom is -0.378 e. The Kier molecular flexibility index (Phi) is 4.65. The van der Waals surface area contributed by atoms with Gasteiger partial charge in [-0.05, 0) is 49.8 Å². The lowest BCUT2D eigenvalue weighted by Crippen LogP contribution is -2.41. The summed E-state index contributed by atoms with van der Waals surface area (Å²) in [7, 11) is 0. The summed E-state index contributed by atoms with van der Waals surface area (Å²) in [6, 6.07) is 8.37. The summed E-state index contributed by atoms with van der Waals surface area (Å²) in [5.41, 5.74) is 1.29. The number of halogens is 1. The lowest BCUT2D eigenvalue weighted by Gasteiger charge is -2.32. The highest BCUT2D eigenvalue weighted by atomic mass is 79.9. The van der Waals surface area contributed by atoms with Gasteiger partial charge in [0.2, 0.25) is 5.91 Å². The van der Waals surface area contributed by atoms with Crippen molar-refractivity contribution in [2.75, 3.05) is 19.7 Å². The second-order valence-corrected chi connectivity index (χ2v) is 6.90. The minimum atomic E-state index is 0.204. The summed E-state index contributed by atoms with van der Waals surface area (Å²) in [5.74, 6) is 0.975. The molecule has 0 radical (unpaired) electrons. The molecule has 2 atom stereocenters. The molecule has 1 saturated heterocycles. The van der Waals surface area contributed by atoms with Crippen molar-refractivity contribution < 1.29 is 9.53 Å². The number of likely N-dealkylation sites (tertiary alicyclic amines) is 1. The average molecular weight is 352 g/mol. The van der Waals surface area contributed by atoms with Crippen molar-refractivity contribution in [2.45, 2.75) is 38.2 Å². The zero-order chi connectivity index (χ0) is 14.8. The lowest BCUT2D eigenvalue weighted by molar-refractivity contribution is -0.135. The molecule has 114 valence electrons. The number of amides is 1. The molecule has 2 fully saturated rings. The molecule has 4 heteroatoms. The van der Waals surface area contributed by atoms with E-state index in [0.29, 0.717) is 17.9 Å². The van der Waals surface area contributed by atoms with Gasteiger partial charge in [0.25, 0.3) is 0 Å². The van der Waals surface area contributed by atoms with Gasteiger partial charge in [0.05, 0.1) is 6.10 Å². The Morgan fingerprint density at radius 1 is 1.29 bits per heavy atom. The summed E-state index contributed by atoms with van der Waals surface area (Å²) < 4.78 is 6.74. The van der Waals surface area contributed by atoms with E-state index < -0.39 is 0 Å². The van der Waals surface area contributed by atoms with E-state index in [9.17, 15) is 4.79 Å². The zero-order valence-electron chi connectivity index (χ0n) is 12.4. The number of ether oxygens (including phenoxy) is 1. The van der Waals surface area contributed by atoms with E-state index in [-0.39, 0.29) is 5.92 Å². The summed E-state index contributed by atoms with van der Waals surface area (Å²) in [6.45, 7) is 4.51. The van der Waals surface area contributed by atoms with Gasteiger partial charge in [-0.3, -0.25) is 4.79 Å². The largest absolute Gasteiger partial charge is 0.378 e. The maximum absolute atomic E-state index is 12.6. The van der Waals surface area contributed by atoms with Crippen LogP contribution >= 0.6 is 15.9 Å². The fourth-order valence-corrected chi connectivity index (χ4v) is 3.52. The van der Waals surface area contributed by atoms with E-state index >= 15 is 0 Å². The molecule has 1 aliphatic heterocycles. The van der Waals surface area contributed by atoms with E-state index in [1.807, 2.05) is 11.8 Å². The van der Waals surface area contributed by atoms with Crippen LogP contribution < -0.4 is 0 Å². The molecule has 0 N–H and O–H groups in total. The molecule has 1 aliphatic carbocycles. The molecule has 0 bridgehead atoms. The van der Waals surface area contributed by atoms with Crippen molar-refractivity contribution in [1.82, 2.24) is 4.90 Å². The molecule has 21 heavy (non-hydrogen) atoms. The smallest absolute Gasteiger partial charge is 0.226 e. The predicted octanol–water partition coefficient (Wildman–Crippen LogP) is 3.58. The maximum atomic E-state index is 12.6. The SMILES string of the molecule is CCOC1CCN(C(=O)[C@H]2C[C@@H]2c2ccc(Br)cc2)CC1. The number of hydrogen-bond acceptors (Lipinski definition) is 2. The number of hydrogen-bond donors (Lipinski definition) is 0. The Hall–Kier alpha value is -0.870. The molecule has 0 unspecified atom stereocenters. The molecule has 3 nitrogen and oxygen atoms in total. The van der Waals surface area contributed by atoms with Gasteiger partial charge < -0.3 is 9.64 Å². The van der Waals surface area contributed by atoms with Crippen LogP contribution in [0.4, 0.5) is 0 Å². The van der Waals surface area contributed by atoms with Gasteiger partial charge in [0, 0.05) is 30.1 Å². The molecular formula is C17H22BrNO2. The van der Waals surface area contributed by atoms with Crippen molar-refractivity contribution in [3.63, 3.8) is 0 Å². The van der Waals surface area contributed by atoms with Crippen LogP contribution in [0.15, 0.2) is 28.7 Å². The fourth-order valence-electron chi connectivity index (χ4n) is 3.26. The van der Waals surface area contributed by atoms with Crippen molar-refractivity contribution >= 4 is 21.8 Å². The van der Waals surface area contributed by atoms with Crippen LogP contribution in [0.25, 0.3) is 0 Å². The van der Waals surface area contributed by atoms with Gasteiger partial charge in [-0.1, -0.05) is 28.1 Å². The molecule has 0 aromatic heterocycles. The van der Waals surface area contributed by atoms with Gasteiger partial charge >= 0.3 is 0 Å². The molecule has 3 rings (SSSR count). The third kappa shape index (κ3) is 3.49. The molecule has 1 aromatic carbocycles. The highest BCUT2D eigenvalue weighted by molar-refractivity contribution is 9.10. The quantitative estimate of drug-likeness (QED) is 0.829. The van der Waals surface area contributed by atoms with Crippen LogP contribution in [-0.2, 0) is 9.53 Å². The Labute approximate surface area is 134 Å². The van der Waals surface area contributed by atoms with Crippen molar-refractivity contribution in [3.8, 4) is 0 Å². The zero-order valence-corrected chi connectivity index (χ0v) is 14.0. The van der Waals surface area contributed by atoms with E-state index in [1.165, 1.54) is 5.56 Å². The summed E-state index contributed by atoms with van der Waals surface area (Å²) in [6.07, 6.45) is 3.32. The minimum absolute atomic E-state index is 0.204. The number of carbonyl (C=O) groups excluding carboxylic acids is 1. The third-order valence-electron chi connectivity index (χ3n) is 4.56. The van der Waals surface area contributed by atoms with E-state index in [2.05, 4.69) is 40.2 Å². The Morgan fingerprint density at radius 2 is 1.95 bits per heavy atom. The van der Waals surface area contributed by atoms with Crippen LogP contribution in [0, 0.1) is 5.92 Å². The van der Waals surface area contributed by atoms with Gasteiger partial charge in [0.1, 0.15) is 0 Å². The van der Waals surface area contributed by atoms with Gasteiger partial charge in [-0.2, -0.15) is 0 Å². The van der Waals surface area contributed by atoms with Crippen molar-refractivity contribution in [2.24, 2.45) is 5.92 Å². The highest BCUT2D eigenvalue weighted by Gasteiger charge is 2.46. The summed E-state index contributed by atoms with van der Waals surface area (Å²) in [5, 5.41) is 0. The molecule has 1 saturated carbocycles. The van der Waals surface area contributed by atoms with E-state index in [1.54, 1.807) is 0 Å². The molecule has 1 heterocycles. The fraction of sp³-hybridized carbons (Fsp3) is 0.588. The molecule has 1 aromatic rings. The number of carbonyl (C=O) groups is 1. The average Bonchev–Trinajstić information content (AvgIpc) is 3.29. The van der Waals surface area contributed by atoms with Gasteiger partial charge in [-0.15, -0.1) is 0 Å². The van der Waals surface area contributed by atoms with Crippen molar-refractivity contribution in [1.29, 1.82) is 0 Å². The Balaban J connectivity index is 1.52. The Bertz CT molecular complexity index is 494. The number of rotatable bonds is 4. The standard InChI is InChI=1S/C17H22BrNO2/c1-2-21-14-7-9-19(10-8-14)17(20)16-11-15(16)12-3-5-13(18)6-4-12/h3-6,14-16H,2,7-11H2,1H3/t15-,16+/m1/s1. The number of benzene rings is 1. The lowest BCUT2D eigenvalue weighted by atomic mass is 10.1. The van der Waals surface area contributed by atoms with Crippen LogP contribution in [0.5, 0.6) is 0 Å². The van der Waals surface area contributed by atoms with Gasteiger partial charge in [-0.25, -0.2) is 0 Å². The topological polar surface area (TPSA) is 29.5 Å². The monoisotopic (exact) mass is 351 g/mol. The number of nitrogens with zero attached hydrogens (tertiary/aromatic N) is 1. The predicted molar refractivity (Wildman–Crippen MR) is 86.2 cm³/mol. The van der Waals surface area contributed by atoms with Crippen molar-refractivity contribution in [3.05, 3.63) is 34.3 Å². The third-order valence-corrected chi connectivity index (χ3v) is 5.09.